The summed E-state index contributed by atoms with van der Waals surface area (Å²) < 4.78 is 10.4. The molecule has 2 atom stereocenters. The molecule has 7 heteroatoms. The van der Waals surface area contributed by atoms with E-state index in [1.54, 1.807) is 39.5 Å². The number of nitrogens with one attached hydrogen (secondary N) is 1. The van der Waals surface area contributed by atoms with Crippen LogP contribution in [-0.4, -0.2) is 56.6 Å². The quantitative estimate of drug-likeness (QED) is 0.804. The van der Waals surface area contributed by atoms with E-state index < -0.39 is 6.04 Å². The zero-order valence-electron chi connectivity index (χ0n) is 13.7. The zero-order valence-corrected chi connectivity index (χ0v) is 13.7. The molecule has 1 aliphatic rings. The molecule has 0 unspecified atom stereocenters. The Bertz CT molecular complexity index is 591. The molecule has 0 radical (unpaired) electrons. The molecular formula is C16H23N3O4. The van der Waals surface area contributed by atoms with E-state index in [9.17, 15) is 9.59 Å². The van der Waals surface area contributed by atoms with Crippen LogP contribution in [-0.2, 0) is 16.1 Å². The van der Waals surface area contributed by atoms with Crippen LogP contribution in [0.2, 0.25) is 0 Å². The molecular weight excluding hydrogens is 298 g/mol. The molecule has 7 nitrogen and oxygen atoms in total. The molecule has 1 aliphatic heterocycles. The van der Waals surface area contributed by atoms with Gasteiger partial charge in [-0.05, 0) is 24.6 Å². The van der Waals surface area contributed by atoms with Gasteiger partial charge in [0.25, 0.3) is 5.91 Å². The van der Waals surface area contributed by atoms with Crippen molar-refractivity contribution < 1.29 is 19.1 Å². The summed E-state index contributed by atoms with van der Waals surface area (Å²) in [7, 11) is 4.70. The molecule has 23 heavy (non-hydrogen) atoms. The van der Waals surface area contributed by atoms with Gasteiger partial charge in [0.15, 0.2) is 0 Å². The van der Waals surface area contributed by atoms with Gasteiger partial charge in [0.05, 0.1) is 13.7 Å². The summed E-state index contributed by atoms with van der Waals surface area (Å²) in [6.45, 7) is 0.700. The third-order valence-corrected chi connectivity index (χ3v) is 3.97. The van der Waals surface area contributed by atoms with Crippen LogP contribution in [0.3, 0.4) is 0 Å². The van der Waals surface area contributed by atoms with Crippen molar-refractivity contribution in [1.29, 1.82) is 0 Å². The molecule has 1 aromatic carbocycles. The van der Waals surface area contributed by atoms with Crippen molar-refractivity contribution in [3.63, 3.8) is 0 Å². The predicted octanol–water partition coefficient (Wildman–Crippen LogP) is 0.129. The summed E-state index contributed by atoms with van der Waals surface area (Å²) in [6.07, 6.45) is 0.465. The van der Waals surface area contributed by atoms with Gasteiger partial charge < -0.3 is 25.4 Å². The number of nitrogens with two attached hydrogens (primary N) is 1. The summed E-state index contributed by atoms with van der Waals surface area (Å²) in [6, 6.07) is 4.42. The van der Waals surface area contributed by atoms with E-state index in [2.05, 4.69) is 5.32 Å². The first-order chi connectivity index (χ1) is 11.0. The molecule has 0 aromatic heterocycles. The first kappa shape index (κ1) is 17.2. The molecule has 0 saturated carbocycles. The maximum Gasteiger partial charge on any atom is 0.254 e. The lowest BCUT2D eigenvalue weighted by Crippen LogP contribution is -2.45. The Morgan fingerprint density at radius 2 is 2.13 bits per heavy atom. The van der Waals surface area contributed by atoms with Crippen LogP contribution in [0.25, 0.3) is 0 Å². The SMILES string of the molecule is CNC(=O)[C@@H]1C[C@@H](N)CN1C(=O)c1ccc(OC)c(COC)c1. The minimum Gasteiger partial charge on any atom is -0.496 e. The monoisotopic (exact) mass is 321 g/mol. The molecule has 1 saturated heterocycles. The summed E-state index contributed by atoms with van der Waals surface area (Å²) in [5.41, 5.74) is 7.20. The Morgan fingerprint density at radius 1 is 1.39 bits per heavy atom. The minimum atomic E-state index is -0.532. The Kier molecular flexibility index (Phi) is 5.57. The van der Waals surface area contributed by atoms with Crippen LogP contribution in [0.15, 0.2) is 18.2 Å². The molecule has 0 aliphatic carbocycles. The number of hydrogen-bond donors (Lipinski definition) is 2. The first-order valence-electron chi connectivity index (χ1n) is 7.45. The number of likely N-dealkylation sites (tertiary alicyclic amines) is 1. The molecule has 0 spiro atoms. The van der Waals surface area contributed by atoms with Crippen molar-refractivity contribution in [2.24, 2.45) is 5.73 Å². The third kappa shape index (κ3) is 3.62. The highest BCUT2D eigenvalue weighted by atomic mass is 16.5. The lowest BCUT2D eigenvalue weighted by Gasteiger charge is -2.23. The van der Waals surface area contributed by atoms with Gasteiger partial charge in [0, 0.05) is 37.9 Å². The largest absolute Gasteiger partial charge is 0.496 e. The number of ether oxygens (including phenoxy) is 2. The molecule has 2 amide bonds. The van der Waals surface area contributed by atoms with E-state index >= 15 is 0 Å². The number of carbonyl (C=O) groups is 2. The molecule has 1 heterocycles. The molecule has 126 valence electrons. The summed E-state index contributed by atoms with van der Waals surface area (Å²) in [4.78, 5) is 26.3. The number of likely N-dealkylation sites (N-methyl/N-ethyl adjacent to an activating group) is 1. The second-order valence-electron chi connectivity index (χ2n) is 5.54. The van der Waals surface area contributed by atoms with Crippen molar-refractivity contribution in [3.05, 3.63) is 29.3 Å². The second kappa shape index (κ2) is 7.43. The van der Waals surface area contributed by atoms with E-state index in [1.165, 1.54) is 4.90 Å². The molecule has 1 fully saturated rings. The third-order valence-electron chi connectivity index (χ3n) is 3.97. The highest BCUT2D eigenvalue weighted by Gasteiger charge is 2.38. The fraction of sp³-hybridized carbons (Fsp3) is 0.500. The van der Waals surface area contributed by atoms with Crippen LogP contribution < -0.4 is 15.8 Å². The van der Waals surface area contributed by atoms with Crippen molar-refractivity contribution >= 4 is 11.8 Å². The van der Waals surface area contributed by atoms with Gasteiger partial charge >= 0.3 is 0 Å². The Labute approximate surface area is 135 Å². The van der Waals surface area contributed by atoms with Crippen molar-refractivity contribution in [2.45, 2.75) is 25.1 Å². The summed E-state index contributed by atoms with van der Waals surface area (Å²) >= 11 is 0. The molecule has 1 aromatic rings. The first-order valence-corrected chi connectivity index (χ1v) is 7.45. The van der Waals surface area contributed by atoms with Gasteiger partial charge in [-0.15, -0.1) is 0 Å². The van der Waals surface area contributed by atoms with Gasteiger partial charge in [-0.25, -0.2) is 0 Å². The maximum atomic E-state index is 12.8. The maximum absolute atomic E-state index is 12.8. The summed E-state index contributed by atoms with van der Waals surface area (Å²) in [5.74, 6) is 0.243. The number of amides is 2. The Morgan fingerprint density at radius 3 is 2.74 bits per heavy atom. The van der Waals surface area contributed by atoms with Gasteiger partial charge in [-0.1, -0.05) is 0 Å². The lowest BCUT2D eigenvalue weighted by molar-refractivity contribution is -0.124. The van der Waals surface area contributed by atoms with E-state index in [0.29, 0.717) is 30.9 Å². The van der Waals surface area contributed by atoms with Crippen LogP contribution in [0.5, 0.6) is 5.75 Å². The second-order valence-corrected chi connectivity index (χ2v) is 5.54. The average Bonchev–Trinajstić information content (AvgIpc) is 2.95. The van der Waals surface area contributed by atoms with Crippen LogP contribution in [0, 0.1) is 0 Å². The van der Waals surface area contributed by atoms with Gasteiger partial charge in [0.1, 0.15) is 11.8 Å². The Balaban J connectivity index is 2.28. The fourth-order valence-corrected chi connectivity index (χ4v) is 2.85. The van der Waals surface area contributed by atoms with Crippen molar-refractivity contribution in [2.75, 3.05) is 27.8 Å². The number of methoxy groups -OCH3 is 2. The molecule has 3 N–H and O–H groups in total. The van der Waals surface area contributed by atoms with Crippen LogP contribution in [0.1, 0.15) is 22.3 Å². The predicted molar refractivity (Wildman–Crippen MR) is 85.2 cm³/mol. The molecule has 2 rings (SSSR count). The average molecular weight is 321 g/mol. The highest BCUT2D eigenvalue weighted by Crippen LogP contribution is 2.24. The standard InChI is InChI=1S/C16H23N3O4/c1-18-15(20)13-7-12(17)8-19(13)16(21)10-4-5-14(23-3)11(6-10)9-22-2/h4-6,12-13H,7-9,17H2,1-3H3,(H,18,20)/t12-,13+/m1/s1. The number of nitrogens with zero attached hydrogens (tertiary/aromatic N) is 1. The van der Waals surface area contributed by atoms with Gasteiger partial charge in [0.2, 0.25) is 5.91 Å². The van der Waals surface area contributed by atoms with Gasteiger partial charge in [-0.2, -0.15) is 0 Å². The van der Waals surface area contributed by atoms with Gasteiger partial charge in [-0.3, -0.25) is 9.59 Å². The topological polar surface area (TPSA) is 93.9 Å². The summed E-state index contributed by atoms with van der Waals surface area (Å²) in [5, 5.41) is 2.59. The Hall–Kier alpha value is -2.12. The van der Waals surface area contributed by atoms with E-state index in [-0.39, 0.29) is 17.9 Å². The van der Waals surface area contributed by atoms with E-state index in [0.717, 1.165) is 5.56 Å². The smallest absolute Gasteiger partial charge is 0.254 e. The molecule has 0 bridgehead atoms. The lowest BCUT2D eigenvalue weighted by atomic mass is 10.1. The van der Waals surface area contributed by atoms with Crippen LogP contribution >= 0.6 is 0 Å². The normalized spacial score (nSPS) is 20.4. The fourth-order valence-electron chi connectivity index (χ4n) is 2.85. The number of hydrogen-bond acceptors (Lipinski definition) is 5. The number of benzene rings is 1. The van der Waals surface area contributed by atoms with Crippen molar-refractivity contribution in [1.82, 2.24) is 10.2 Å². The van der Waals surface area contributed by atoms with E-state index in [1.807, 2.05) is 0 Å². The zero-order chi connectivity index (χ0) is 17.0. The number of carbonyl (C=O) groups excluding carboxylic acids is 2. The van der Waals surface area contributed by atoms with E-state index in [4.69, 9.17) is 15.2 Å². The van der Waals surface area contributed by atoms with Crippen LogP contribution in [0.4, 0.5) is 0 Å². The number of rotatable bonds is 5. The van der Waals surface area contributed by atoms with Crippen molar-refractivity contribution in [3.8, 4) is 5.75 Å². The highest BCUT2D eigenvalue weighted by molar-refractivity contribution is 5.98. The minimum absolute atomic E-state index is 0.196.